The standard InChI is InChI=1S/C13H16N2O4/c1-9-6-11(15-19-9)14-12(16)8-18-13(17)7-10-4-2-3-5-10/h2,4,6,10H,3,5,7-8H2,1H3,(H,14,15,16)/t10-/m1/s1. The number of hydrogen-bond donors (Lipinski definition) is 1. The number of amides is 1. The number of hydrogen-bond acceptors (Lipinski definition) is 5. The summed E-state index contributed by atoms with van der Waals surface area (Å²) < 4.78 is 9.70. The van der Waals surface area contributed by atoms with E-state index in [0.29, 0.717) is 18.0 Å². The number of anilines is 1. The van der Waals surface area contributed by atoms with Crippen molar-refractivity contribution in [2.24, 2.45) is 5.92 Å². The van der Waals surface area contributed by atoms with E-state index in [-0.39, 0.29) is 18.5 Å². The fraction of sp³-hybridized carbons (Fsp3) is 0.462. The Bertz CT molecular complexity index is 493. The number of carbonyl (C=O) groups excluding carboxylic acids is 2. The maximum atomic E-state index is 11.5. The van der Waals surface area contributed by atoms with Crippen molar-refractivity contribution in [1.82, 2.24) is 5.16 Å². The lowest BCUT2D eigenvalue weighted by atomic mass is 10.1. The Morgan fingerprint density at radius 2 is 2.42 bits per heavy atom. The third kappa shape index (κ3) is 4.24. The number of carbonyl (C=O) groups is 2. The predicted molar refractivity (Wildman–Crippen MR) is 67.3 cm³/mol. The SMILES string of the molecule is Cc1cc(NC(=O)COC(=O)C[C@@H]2C=CCC2)no1. The van der Waals surface area contributed by atoms with E-state index in [0.717, 1.165) is 12.8 Å². The van der Waals surface area contributed by atoms with Crippen LogP contribution in [0.25, 0.3) is 0 Å². The monoisotopic (exact) mass is 264 g/mol. The Kier molecular flexibility index (Phi) is 4.33. The van der Waals surface area contributed by atoms with E-state index in [1.165, 1.54) is 0 Å². The highest BCUT2D eigenvalue weighted by Gasteiger charge is 2.16. The molecule has 2 rings (SSSR count). The molecule has 0 radical (unpaired) electrons. The Morgan fingerprint density at radius 1 is 1.58 bits per heavy atom. The van der Waals surface area contributed by atoms with Crippen LogP contribution in [-0.2, 0) is 14.3 Å². The van der Waals surface area contributed by atoms with Gasteiger partial charge in [0.1, 0.15) is 5.76 Å². The van der Waals surface area contributed by atoms with Crippen LogP contribution in [-0.4, -0.2) is 23.6 Å². The van der Waals surface area contributed by atoms with Crippen molar-refractivity contribution in [2.45, 2.75) is 26.2 Å². The van der Waals surface area contributed by atoms with E-state index in [1.54, 1.807) is 13.0 Å². The maximum Gasteiger partial charge on any atom is 0.306 e. The average Bonchev–Trinajstić information content (AvgIpc) is 2.99. The molecular weight excluding hydrogens is 248 g/mol. The van der Waals surface area contributed by atoms with E-state index in [1.807, 2.05) is 6.08 Å². The normalized spacial score (nSPS) is 17.4. The lowest BCUT2D eigenvalue weighted by molar-refractivity contribution is -0.147. The van der Waals surface area contributed by atoms with Crippen LogP contribution in [0.3, 0.4) is 0 Å². The molecule has 0 saturated carbocycles. The minimum atomic E-state index is -0.427. The summed E-state index contributed by atoms with van der Waals surface area (Å²) in [5, 5.41) is 6.09. The largest absolute Gasteiger partial charge is 0.456 e. The molecule has 6 nitrogen and oxygen atoms in total. The summed E-state index contributed by atoms with van der Waals surface area (Å²) >= 11 is 0. The zero-order valence-electron chi connectivity index (χ0n) is 10.7. The number of aromatic nitrogens is 1. The zero-order chi connectivity index (χ0) is 13.7. The molecule has 0 aromatic carbocycles. The molecule has 1 amide bonds. The first-order chi connectivity index (χ1) is 9.13. The second-order valence-electron chi connectivity index (χ2n) is 4.50. The summed E-state index contributed by atoms with van der Waals surface area (Å²) in [6, 6.07) is 1.59. The topological polar surface area (TPSA) is 81.4 Å². The highest BCUT2D eigenvalue weighted by Crippen LogP contribution is 2.20. The molecule has 1 heterocycles. The highest BCUT2D eigenvalue weighted by atomic mass is 16.5. The lowest BCUT2D eigenvalue weighted by Crippen LogP contribution is -2.21. The van der Waals surface area contributed by atoms with Crippen LogP contribution in [0.4, 0.5) is 5.82 Å². The van der Waals surface area contributed by atoms with Crippen molar-refractivity contribution in [2.75, 3.05) is 11.9 Å². The molecule has 1 aliphatic carbocycles. The number of allylic oxidation sites excluding steroid dienone is 2. The van der Waals surface area contributed by atoms with Crippen molar-refractivity contribution >= 4 is 17.7 Å². The van der Waals surface area contributed by atoms with Crippen molar-refractivity contribution < 1.29 is 18.8 Å². The van der Waals surface area contributed by atoms with Crippen LogP contribution in [0.15, 0.2) is 22.7 Å². The first kappa shape index (κ1) is 13.3. The third-order valence-electron chi connectivity index (χ3n) is 2.80. The summed E-state index contributed by atoms with van der Waals surface area (Å²) in [5.41, 5.74) is 0. The van der Waals surface area contributed by atoms with Crippen molar-refractivity contribution in [3.05, 3.63) is 24.0 Å². The number of aryl methyl sites for hydroxylation is 1. The molecule has 1 aliphatic rings. The van der Waals surface area contributed by atoms with Gasteiger partial charge in [-0.3, -0.25) is 9.59 Å². The van der Waals surface area contributed by atoms with E-state index in [4.69, 9.17) is 9.26 Å². The van der Waals surface area contributed by atoms with Gasteiger partial charge in [0, 0.05) is 6.07 Å². The number of nitrogens with zero attached hydrogens (tertiary/aromatic N) is 1. The van der Waals surface area contributed by atoms with Gasteiger partial charge in [0.2, 0.25) is 0 Å². The van der Waals surface area contributed by atoms with Crippen LogP contribution in [0.2, 0.25) is 0 Å². The number of nitrogens with one attached hydrogen (secondary N) is 1. The Labute approximate surface area is 110 Å². The summed E-state index contributed by atoms with van der Waals surface area (Å²) in [5.74, 6) is 0.373. The van der Waals surface area contributed by atoms with Gasteiger partial charge in [-0.05, 0) is 25.7 Å². The van der Waals surface area contributed by atoms with Crippen molar-refractivity contribution in [1.29, 1.82) is 0 Å². The summed E-state index contributed by atoms with van der Waals surface area (Å²) in [6.45, 7) is 1.42. The van der Waals surface area contributed by atoms with Gasteiger partial charge in [-0.2, -0.15) is 0 Å². The highest BCUT2D eigenvalue weighted by molar-refractivity contribution is 5.91. The molecule has 1 atom stereocenters. The van der Waals surface area contributed by atoms with Gasteiger partial charge in [0.05, 0.1) is 6.42 Å². The van der Waals surface area contributed by atoms with E-state index >= 15 is 0 Å². The van der Waals surface area contributed by atoms with E-state index < -0.39 is 5.91 Å². The van der Waals surface area contributed by atoms with Gasteiger partial charge in [-0.15, -0.1) is 0 Å². The molecule has 1 N–H and O–H groups in total. The molecule has 0 aliphatic heterocycles. The fourth-order valence-electron chi connectivity index (χ4n) is 1.89. The lowest BCUT2D eigenvalue weighted by Gasteiger charge is -2.07. The molecule has 1 aromatic rings. The average molecular weight is 264 g/mol. The smallest absolute Gasteiger partial charge is 0.306 e. The number of rotatable bonds is 5. The molecule has 0 bridgehead atoms. The molecule has 102 valence electrons. The first-order valence-corrected chi connectivity index (χ1v) is 6.19. The second-order valence-corrected chi connectivity index (χ2v) is 4.50. The fourth-order valence-corrected chi connectivity index (χ4v) is 1.89. The third-order valence-corrected chi connectivity index (χ3v) is 2.80. The van der Waals surface area contributed by atoms with Gasteiger partial charge in [-0.25, -0.2) is 0 Å². The Balaban J connectivity index is 1.68. The van der Waals surface area contributed by atoms with Crippen LogP contribution >= 0.6 is 0 Å². The summed E-state index contributed by atoms with van der Waals surface area (Å²) in [4.78, 5) is 23.0. The van der Waals surface area contributed by atoms with Crippen LogP contribution in [0, 0.1) is 12.8 Å². The van der Waals surface area contributed by atoms with Crippen molar-refractivity contribution in [3.8, 4) is 0 Å². The Hall–Kier alpha value is -2.11. The zero-order valence-corrected chi connectivity index (χ0v) is 10.7. The van der Waals surface area contributed by atoms with Gasteiger partial charge in [-0.1, -0.05) is 17.3 Å². The van der Waals surface area contributed by atoms with Crippen LogP contribution in [0.5, 0.6) is 0 Å². The molecule has 6 heteroatoms. The van der Waals surface area contributed by atoms with Gasteiger partial charge >= 0.3 is 5.97 Å². The molecule has 0 saturated heterocycles. The van der Waals surface area contributed by atoms with Crippen molar-refractivity contribution in [3.63, 3.8) is 0 Å². The molecule has 19 heavy (non-hydrogen) atoms. The molecular formula is C13H16N2O4. The number of esters is 1. The molecule has 0 fully saturated rings. The minimum absolute atomic E-state index is 0.244. The Morgan fingerprint density at radius 3 is 3.05 bits per heavy atom. The molecule has 1 aromatic heterocycles. The van der Waals surface area contributed by atoms with E-state index in [2.05, 4.69) is 16.5 Å². The number of ether oxygens (including phenoxy) is 1. The summed E-state index contributed by atoms with van der Waals surface area (Å²) in [6.07, 6.45) is 6.37. The molecule has 0 unspecified atom stereocenters. The predicted octanol–water partition coefficient (Wildman–Crippen LogP) is 1.82. The maximum absolute atomic E-state index is 11.5. The van der Waals surface area contributed by atoms with Crippen LogP contribution in [0.1, 0.15) is 25.0 Å². The first-order valence-electron chi connectivity index (χ1n) is 6.19. The summed E-state index contributed by atoms with van der Waals surface area (Å²) in [7, 11) is 0. The second kappa shape index (κ2) is 6.17. The van der Waals surface area contributed by atoms with E-state index in [9.17, 15) is 9.59 Å². The van der Waals surface area contributed by atoms with Gasteiger partial charge in [0.15, 0.2) is 12.4 Å². The van der Waals surface area contributed by atoms with Gasteiger partial charge < -0.3 is 14.6 Å². The molecule has 0 spiro atoms. The van der Waals surface area contributed by atoms with Gasteiger partial charge in [0.25, 0.3) is 5.91 Å². The minimum Gasteiger partial charge on any atom is -0.456 e. The quantitative estimate of drug-likeness (QED) is 0.648. The van der Waals surface area contributed by atoms with Crippen LogP contribution < -0.4 is 5.32 Å².